The van der Waals surface area contributed by atoms with E-state index >= 15 is 0 Å². The van der Waals surface area contributed by atoms with Crippen molar-refractivity contribution in [2.45, 2.75) is 20.4 Å². The van der Waals surface area contributed by atoms with Crippen LogP contribution in [0, 0.1) is 13.8 Å². The lowest BCUT2D eigenvalue weighted by Gasteiger charge is -2.22. The van der Waals surface area contributed by atoms with E-state index in [0.29, 0.717) is 5.11 Å². The van der Waals surface area contributed by atoms with Crippen molar-refractivity contribution in [1.29, 1.82) is 0 Å². The van der Waals surface area contributed by atoms with E-state index in [4.69, 9.17) is 23.8 Å². The summed E-state index contributed by atoms with van der Waals surface area (Å²) in [6, 6.07) is 14.2. The maximum absolute atomic E-state index is 6.13. The van der Waals surface area contributed by atoms with Crippen LogP contribution < -0.4 is 5.32 Å². The van der Waals surface area contributed by atoms with Crippen LogP contribution in [0.15, 0.2) is 42.5 Å². The van der Waals surface area contributed by atoms with Crippen molar-refractivity contribution in [3.63, 3.8) is 0 Å². The van der Waals surface area contributed by atoms with Gasteiger partial charge in [0.15, 0.2) is 5.11 Å². The first-order chi connectivity index (χ1) is 9.97. The van der Waals surface area contributed by atoms with E-state index in [1.165, 1.54) is 11.1 Å². The standard InChI is InChI=1S/C17H19ClN2S/c1-12-6-4-5-7-14(12)11-20(3)17(21)19-15-9-8-13(2)16(18)10-15/h4-10H,11H2,1-3H3,(H,19,21). The fraction of sp³-hybridized carbons (Fsp3) is 0.235. The molecule has 2 rings (SSSR count). The third kappa shape index (κ3) is 4.19. The monoisotopic (exact) mass is 318 g/mol. The van der Waals surface area contributed by atoms with Crippen molar-refractivity contribution < 1.29 is 0 Å². The van der Waals surface area contributed by atoms with Gasteiger partial charge in [0.1, 0.15) is 0 Å². The van der Waals surface area contributed by atoms with Gasteiger partial charge in [0.25, 0.3) is 0 Å². The molecule has 0 amide bonds. The third-order valence-electron chi connectivity index (χ3n) is 3.44. The SMILES string of the molecule is Cc1ccc(NC(=S)N(C)Cc2ccccc2C)cc1Cl. The Morgan fingerprint density at radius 3 is 2.52 bits per heavy atom. The first kappa shape index (κ1) is 15.8. The molecule has 0 aromatic heterocycles. The van der Waals surface area contributed by atoms with Crippen LogP contribution in [0.2, 0.25) is 5.02 Å². The van der Waals surface area contributed by atoms with Crippen LogP contribution in [0.25, 0.3) is 0 Å². The largest absolute Gasteiger partial charge is 0.348 e. The van der Waals surface area contributed by atoms with Gasteiger partial charge in [-0.05, 0) is 54.9 Å². The summed E-state index contributed by atoms with van der Waals surface area (Å²) in [5.41, 5.74) is 4.50. The van der Waals surface area contributed by atoms with E-state index in [-0.39, 0.29) is 0 Å². The summed E-state index contributed by atoms with van der Waals surface area (Å²) in [7, 11) is 1.98. The maximum atomic E-state index is 6.13. The van der Waals surface area contributed by atoms with Gasteiger partial charge in [-0.2, -0.15) is 0 Å². The number of anilines is 1. The third-order valence-corrected chi connectivity index (χ3v) is 4.26. The van der Waals surface area contributed by atoms with Crippen molar-refractivity contribution in [2.24, 2.45) is 0 Å². The van der Waals surface area contributed by atoms with E-state index in [9.17, 15) is 0 Å². The molecule has 0 fully saturated rings. The maximum Gasteiger partial charge on any atom is 0.173 e. The summed E-state index contributed by atoms with van der Waals surface area (Å²) in [6.07, 6.45) is 0. The number of halogens is 1. The molecule has 0 heterocycles. The van der Waals surface area contributed by atoms with E-state index in [1.807, 2.05) is 49.2 Å². The number of hydrogen-bond donors (Lipinski definition) is 1. The molecule has 0 spiro atoms. The Morgan fingerprint density at radius 2 is 1.86 bits per heavy atom. The predicted octanol–water partition coefficient (Wildman–Crippen LogP) is 4.79. The Balaban J connectivity index is 2.02. The lowest BCUT2D eigenvalue weighted by Crippen LogP contribution is -2.30. The number of benzene rings is 2. The van der Waals surface area contributed by atoms with Gasteiger partial charge in [-0.1, -0.05) is 41.9 Å². The van der Waals surface area contributed by atoms with Crippen molar-refractivity contribution in [1.82, 2.24) is 4.90 Å². The molecule has 0 aliphatic carbocycles. The highest BCUT2D eigenvalue weighted by atomic mass is 35.5. The molecular weight excluding hydrogens is 300 g/mol. The molecule has 21 heavy (non-hydrogen) atoms. The average molecular weight is 319 g/mol. The molecule has 0 aliphatic heterocycles. The molecule has 0 atom stereocenters. The number of rotatable bonds is 3. The number of hydrogen-bond acceptors (Lipinski definition) is 1. The topological polar surface area (TPSA) is 15.3 Å². The molecule has 0 saturated carbocycles. The zero-order chi connectivity index (χ0) is 15.4. The van der Waals surface area contributed by atoms with Crippen molar-refractivity contribution in [3.8, 4) is 0 Å². The van der Waals surface area contributed by atoms with Crippen LogP contribution in [0.3, 0.4) is 0 Å². The second-order valence-corrected chi connectivity index (χ2v) is 5.97. The minimum absolute atomic E-state index is 0.679. The minimum atomic E-state index is 0.679. The molecule has 0 saturated heterocycles. The van der Waals surface area contributed by atoms with Gasteiger partial charge in [0, 0.05) is 24.3 Å². The van der Waals surface area contributed by atoms with E-state index in [0.717, 1.165) is 22.8 Å². The number of nitrogens with one attached hydrogen (secondary N) is 1. The molecule has 0 unspecified atom stereocenters. The van der Waals surface area contributed by atoms with Crippen molar-refractivity contribution in [2.75, 3.05) is 12.4 Å². The highest BCUT2D eigenvalue weighted by molar-refractivity contribution is 7.80. The highest BCUT2D eigenvalue weighted by Gasteiger charge is 2.07. The molecular formula is C17H19ClN2S. The second-order valence-electron chi connectivity index (χ2n) is 5.18. The van der Waals surface area contributed by atoms with Gasteiger partial charge in [0.05, 0.1) is 0 Å². The molecule has 0 bridgehead atoms. The Morgan fingerprint density at radius 1 is 1.14 bits per heavy atom. The number of nitrogens with zero attached hydrogens (tertiary/aromatic N) is 1. The van der Waals surface area contributed by atoms with Crippen LogP contribution in [0.1, 0.15) is 16.7 Å². The van der Waals surface area contributed by atoms with E-state index < -0.39 is 0 Å². The van der Waals surface area contributed by atoms with Gasteiger partial charge in [-0.15, -0.1) is 0 Å². The summed E-state index contributed by atoms with van der Waals surface area (Å²) in [5.74, 6) is 0. The zero-order valence-corrected chi connectivity index (χ0v) is 14.1. The summed E-state index contributed by atoms with van der Waals surface area (Å²) >= 11 is 11.6. The number of thiocarbonyl (C=S) groups is 1. The summed E-state index contributed by atoms with van der Waals surface area (Å²) in [6.45, 7) is 4.87. The fourth-order valence-corrected chi connectivity index (χ4v) is 2.37. The molecule has 110 valence electrons. The lowest BCUT2D eigenvalue weighted by molar-refractivity contribution is 0.507. The van der Waals surface area contributed by atoms with Crippen LogP contribution in [-0.4, -0.2) is 17.1 Å². The normalized spacial score (nSPS) is 10.3. The Hall–Kier alpha value is -1.58. The van der Waals surface area contributed by atoms with Crippen molar-refractivity contribution in [3.05, 3.63) is 64.2 Å². The fourth-order valence-electron chi connectivity index (χ4n) is 2.00. The Bertz CT molecular complexity index is 655. The predicted molar refractivity (Wildman–Crippen MR) is 95.1 cm³/mol. The zero-order valence-electron chi connectivity index (χ0n) is 12.5. The second kappa shape index (κ2) is 6.92. The van der Waals surface area contributed by atoms with E-state index in [1.54, 1.807) is 0 Å². The molecule has 2 nitrogen and oxygen atoms in total. The summed E-state index contributed by atoms with van der Waals surface area (Å²) in [4.78, 5) is 2.02. The quantitative estimate of drug-likeness (QED) is 0.819. The van der Waals surface area contributed by atoms with Crippen LogP contribution in [0.4, 0.5) is 5.69 Å². The molecule has 4 heteroatoms. The molecule has 2 aromatic rings. The highest BCUT2D eigenvalue weighted by Crippen LogP contribution is 2.20. The molecule has 0 radical (unpaired) electrons. The Labute approximate surface area is 136 Å². The molecule has 1 N–H and O–H groups in total. The van der Waals surface area contributed by atoms with E-state index in [2.05, 4.69) is 24.4 Å². The molecule has 2 aromatic carbocycles. The smallest absolute Gasteiger partial charge is 0.173 e. The summed E-state index contributed by atoms with van der Waals surface area (Å²) in [5, 5.41) is 4.64. The van der Waals surface area contributed by atoms with Crippen LogP contribution in [-0.2, 0) is 6.54 Å². The Kier molecular flexibility index (Phi) is 5.21. The van der Waals surface area contributed by atoms with Crippen molar-refractivity contribution >= 4 is 34.6 Å². The van der Waals surface area contributed by atoms with Crippen LogP contribution in [0.5, 0.6) is 0 Å². The van der Waals surface area contributed by atoms with Gasteiger partial charge in [-0.3, -0.25) is 0 Å². The van der Waals surface area contributed by atoms with Gasteiger partial charge in [0.2, 0.25) is 0 Å². The first-order valence-electron chi connectivity index (χ1n) is 6.80. The molecule has 0 aliphatic rings. The minimum Gasteiger partial charge on any atom is -0.348 e. The first-order valence-corrected chi connectivity index (χ1v) is 7.59. The van der Waals surface area contributed by atoms with Crippen LogP contribution >= 0.6 is 23.8 Å². The summed E-state index contributed by atoms with van der Waals surface area (Å²) < 4.78 is 0. The van der Waals surface area contributed by atoms with Gasteiger partial charge in [-0.25, -0.2) is 0 Å². The average Bonchev–Trinajstić information content (AvgIpc) is 2.45. The lowest BCUT2D eigenvalue weighted by atomic mass is 10.1. The number of aryl methyl sites for hydroxylation is 2. The van der Waals surface area contributed by atoms with Gasteiger partial charge >= 0.3 is 0 Å². The van der Waals surface area contributed by atoms with Gasteiger partial charge < -0.3 is 10.2 Å².